The van der Waals surface area contributed by atoms with E-state index in [1.165, 1.54) is 12.1 Å². The average Bonchev–Trinajstić information content (AvgIpc) is 3.00. The van der Waals surface area contributed by atoms with Gasteiger partial charge in [-0.15, -0.1) is 35.3 Å². The largest absolute Gasteiger partial charge is 0.354 e. The maximum atomic E-state index is 13.8. The Morgan fingerprint density at radius 2 is 2.08 bits per heavy atom. The van der Waals surface area contributed by atoms with Crippen LogP contribution in [0.3, 0.4) is 0 Å². The molecule has 0 saturated heterocycles. The monoisotopic (exact) mass is 481 g/mol. The Bertz CT molecular complexity index is 720. The van der Waals surface area contributed by atoms with E-state index >= 15 is 0 Å². The minimum atomic E-state index is -0.591. The van der Waals surface area contributed by atoms with Crippen molar-refractivity contribution < 1.29 is 8.78 Å². The Labute approximate surface area is 167 Å². The van der Waals surface area contributed by atoms with Crippen LogP contribution >= 0.6 is 35.3 Å². The van der Waals surface area contributed by atoms with Crippen LogP contribution in [-0.2, 0) is 6.54 Å². The molecule has 0 amide bonds. The molecular weight excluding hydrogens is 459 g/mol. The SMILES string of the molecule is CN=C(NCc1csc(N(C)C)n1)NC(C)c1ccc(F)cc1F.I. The van der Waals surface area contributed by atoms with E-state index in [0.717, 1.165) is 16.9 Å². The van der Waals surface area contributed by atoms with Gasteiger partial charge in [-0.25, -0.2) is 13.8 Å². The Hall–Kier alpha value is -1.49. The molecule has 1 aromatic heterocycles. The minimum absolute atomic E-state index is 0. The quantitative estimate of drug-likeness (QED) is 0.390. The number of guanidine groups is 1. The van der Waals surface area contributed by atoms with Crippen molar-refractivity contribution in [3.63, 3.8) is 0 Å². The Kier molecular flexibility index (Phi) is 8.50. The molecule has 25 heavy (non-hydrogen) atoms. The van der Waals surface area contributed by atoms with Crippen LogP contribution in [0.4, 0.5) is 13.9 Å². The summed E-state index contributed by atoms with van der Waals surface area (Å²) in [6, 6.07) is 3.19. The zero-order chi connectivity index (χ0) is 17.7. The fourth-order valence-electron chi connectivity index (χ4n) is 2.09. The zero-order valence-electron chi connectivity index (χ0n) is 14.5. The molecule has 0 spiro atoms. The number of nitrogens with one attached hydrogen (secondary N) is 2. The van der Waals surface area contributed by atoms with Crippen LogP contribution in [0, 0.1) is 11.6 Å². The number of rotatable bonds is 5. The van der Waals surface area contributed by atoms with Crippen molar-refractivity contribution in [1.29, 1.82) is 0 Å². The van der Waals surface area contributed by atoms with E-state index in [1.54, 1.807) is 25.3 Å². The zero-order valence-corrected chi connectivity index (χ0v) is 17.7. The third kappa shape index (κ3) is 6.07. The first-order valence-corrected chi connectivity index (χ1v) is 8.32. The van der Waals surface area contributed by atoms with Crippen LogP contribution < -0.4 is 15.5 Å². The summed E-state index contributed by atoms with van der Waals surface area (Å²) in [4.78, 5) is 10.5. The molecule has 0 aliphatic carbocycles. The van der Waals surface area contributed by atoms with Gasteiger partial charge in [-0.2, -0.15) is 0 Å². The topological polar surface area (TPSA) is 52.6 Å². The highest BCUT2D eigenvalue weighted by molar-refractivity contribution is 14.0. The smallest absolute Gasteiger partial charge is 0.191 e. The summed E-state index contributed by atoms with van der Waals surface area (Å²) in [6.07, 6.45) is 0. The van der Waals surface area contributed by atoms with Crippen LogP contribution in [0.5, 0.6) is 0 Å². The van der Waals surface area contributed by atoms with Gasteiger partial charge in [0.1, 0.15) is 11.6 Å². The van der Waals surface area contributed by atoms with Crippen molar-refractivity contribution >= 4 is 46.4 Å². The molecule has 0 bridgehead atoms. The second-order valence-electron chi connectivity index (χ2n) is 5.47. The molecule has 138 valence electrons. The molecule has 2 rings (SSSR count). The minimum Gasteiger partial charge on any atom is -0.354 e. The number of nitrogens with zero attached hydrogens (tertiary/aromatic N) is 3. The number of aromatic nitrogens is 1. The van der Waals surface area contributed by atoms with Gasteiger partial charge in [-0.3, -0.25) is 4.99 Å². The predicted molar refractivity (Wildman–Crippen MR) is 110 cm³/mol. The molecule has 1 heterocycles. The maximum absolute atomic E-state index is 13.8. The van der Waals surface area contributed by atoms with Gasteiger partial charge in [-0.05, 0) is 13.0 Å². The fraction of sp³-hybridized carbons (Fsp3) is 0.375. The molecular formula is C16H22F2IN5S. The van der Waals surface area contributed by atoms with Crippen LogP contribution in [0.2, 0.25) is 0 Å². The third-order valence-corrected chi connectivity index (χ3v) is 4.42. The number of anilines is 1. The van der Waals surface area contributed by atoms with E-state index in [9.17, 15) is 8.78 Å². The molecule has 5 nitrogen and oxygen atoms in total. The summed E-state index contributed by atoms with van der Waals surface area (Å²) < 4.78 is 26.8. The summed E-state index contributed by atoms with van der Waals surface area (Å²) in [6.45, 7) is 2.29. The molecule has 0 aliphatic heterocycles. The van der Waals surface area contributed by atoms with Gasteiger partial charge in [0.05, 0.1) is 18.3 Å². The second kappa shape index (κ2) is 9.85. The highest BCUT2D eigenvalue weighted by Crippen LogP contribution is 2.19. The Balaban J connectivity index is 0.00000312. The van der Waals surface area contributed by atoms with Crippen molar-refractivity contribution in [3.8, 4) is 0 Å². The van der Waals surface area contributed by atoms with Crippen LogP contribution in [0.15, 0.2) is 28.6 Å². The number of halogens is 3. The van der Waals surface area contributed by atoms with Gasteiger partial charge < -0.3 is 15.5 Å². The van der Waals surface area contributed by atoms with Crippen LogP contribution in [-0.4, -0.2) is 32.1 Å². The first-order chi connectivity index (χ1) is 11.4. The lowest BCUT2D eigenvalue weighted by Gasteiger charge is -2.18. The van der Waals surface area contributed by atoms with E-state index in [-0.39, 0.29) is 30.0 Å². The molecule has 0 radical (unpaired) electrons. The first kappa shape index (κ1) is 21.6. The molecule has 0 saturated carbocycles. The Morgan fingerprint density at radius 1 is 1.36 bits per heavy atom. The number of thiazole rings is 1. The maximum Gasteiger partial charge on any atom is 0.191 e. The molecule has 9 heteroatoms. The Morgan fingerprint density at radius 3 is 2.64 bits per heavy atom. The summed E-state index contributed by atoms with van der Waals surface area (Å²) in [5.74, 6) is -0.655. The third-order valence-electron chi connectivity index (χ3n) is 3.36. The molecule has 0 aliphatic rings. The summed E-state index contributed by atoms with van der Waals surface area (Å²) in [5.41, 5.74) is 1.27. The molecule has 0 fully saturated rings. The average molecular weight is 481 g/mol. The number of benzene rings is 1. The standard InChI is InChI=1S/C16H21F2N5S.HI/c1-10(13-6-5-11(17)7-14(13)18)21-15(19-2)20-8-12-9-24-16(22-12)23(3)4;/h5-7,9-10H,8H2,1-4H3,(H2,19,20,21);1H. The molecule has 2 N–H and O–H groups in total. The number of hydrogen-bond donors (Lipinski definition) is 2. The highest BCUT2D eigenvalue weighted by Gasteiger charge is 2.13. The van der Waals surface area contributed by atoms with Gasteiger partial charge in [0.2, 0.25) is 0 Å². The molecule has 1 atom stereocenters. The summed E-state index contributed by atoms with van der Waals surface area (Å²) in [5, 5.41) is 9.12. The van der Waals surface area contributed by atoms with Crippen molar-refractivity contribution in [2.24, 2.45) is 4.99 Å². The summed E-state index contributed by atoms with van der Waals surface area (Å²) >= 11 is 1.56. The predicted octanol–water partition coefficient (Wildman–Crippen LogP) is 3.53. The first-order valence-electron chi connectivity index (χ1n) is 7.44. The van der Waals surface area contributed by atoms with Gasteiger partial charge in [0, 0.05) is 38.2 Å². The van der Waals surface area contributed by atoms with Gasteiger partial charge >= 0.3 is 0 Å². The number of hydrogen-bond acceptors (Lipinski definition) is 4. The van der Waals surface area contributed by atoms with E-state index < -0.39 is 11.6 Å². The van der Waals surface area contributed by atoms with E-state index in [4.69, 9.17) is 0 Å². The fourth-order valence-corrected chi connectivity index (χ4v) is 2.85. The van der Waals surface area contributed by atoms with Gasteiger partial charge in [0.15, 0.2) is 11.1 Å². The van der Waals surface area contributed by atoms with Crippen molar-refractivity contribution in [2.45, 2.75) is 19.5 Å². The van der Waals surface area contributed by atoms with Crippen molar-refractivity contribution in [1.82, 2.24) is 15.6 Å². The number of aliphatic imine (C=N–C) groups is 1. The van der Waals surface area contributed by atoms with Crippen molar-refractivity contribution in [3.05, 3.63) is 46.5 Å². The summed E-state index contributed by atoms with van der Waals surface area (Å²) in [7, 11) is 5.51. The lowest BCUT2D eigenvalue weighted by atomic mass is 10.1. The van der Waals surface area contributed by atoms with E-state index in [0.29, 0.717) is 18.1 Å². The van der Waals surface area contributed by atoms with Gasteiger partial charge in [0.25, 0.3) is 0 Å². The van der Waals surface area contributed by atoms with E-state index in [2.05, 4.69) is 20.6 Å². The lowest BCUT2D eigenvalue weighted by Crippen LogP contribution is -2.38. The molecule has 2 aromatic rings. The molecule has 1 aromatic carbocycles. The lowest BCUT2D eigenvalue weighted by molar-refractivity contribution is 0.550. The molecule has 1 unspecified atom stereocenters. The second-order valence-corrected chi connectivity index (χ2v) is 6.31. The van der Waals surface area contributed by atoms with Crippen LogP contribution in [0.25, 0.3) is 0 Å². The van der Waals surface area contributed by atoms with Crippen molar-refractivity contribution in [2.75, 3.05) is 26.0 Å². The van der Waals surface area contributed by atoms with E-state index in [1.807, 2.05) is 24.4 Å². The normalized spacial score (nSPS) is 12.3. The van der Waals surface area contributed by atoms with Crippen LogP contribution in [0.1, 0.15) is 24.2 Å². The van der Waals surface area contributed by atoms with Gasteiger partial charge in [-0.1, -0.05) is 6.07 Å². The highest BCUT2D eigenvalue weighted by atomic mass is 127.